The minimum atomic E-state index is -0.192. The van der Waals surface area contributed by atoms with Crippen LogP contribution in [0, 0.1) is 0 Å². The van der Waals surface area contributed by atoms with E-state index in [1.807, 2.05) is 6.07 Å². The number of hydrogen-bond donors (Lipinski definition) is 0. The van der Waals surface area contributed by atoms with Gasteiger partial charge in [-0.05, 0) is 36.0 Å². The Morgan fingerprint density at radius 2 is 2.04 bits per heavy atom. The molecule has 0 bridgehead atoms. The molecule has 0 aliphatic heterocycles. The molecule has 0 saturated carbocycles. The van der Waals surface area contributed by atoms with Crippen molar-refractivity contribution < 1.29 is 4.42 Å². The highest BCUT2D eigenvalue weighted by Gasteiger charge is 2.09. The number of thioether (sulfide) groups is 1. The van der Waals surface area contributed by atoms with Gasteiger partial charge in [-0.15, -0.1) is 5.10 Å². The van der Waals surface area contributed by atoms with Gasteiger partial charge in [-0.25, -0.2) is 4.98 Å². The summed E-state index contributed by atoms with van der Waals surface area (Å²) < 4.78 is 6.89. The van der Waals surface area contributed by atoms with E-state index in [2.05, 4.69) is 15.3 Å². The lowest BCUT2D eigenvalue weighted by Crippen LogP contribution is -2.23. The van der Waals surface area contributed by atoms with Crippen molar-refractivity contribution in [2.24, 2.45) is 0 Å². The average Bonchev–Trinajstić information content (AvgIpc) is 2.96. The Kier molecular flexibility index (Phi) is 3.51. The van der Waals surface area contributed by atoms with Crippen LogP contribution in [0.25, 0.3) is 22.0 Å². The molecule has 0 saturated heterocycles. The van der Waals surface area contributed by atoms with E-state index >= 15 is 0 Å². The zero-order valence-electron chi connectivity index (χ0n) is 11.6. The Morgan fingerprint density at radius 3 is 2.96 bits per heavy atom. The predicted octanol–water partition coefficient (Wildman–Crippen LogP) is 3.34. The average molecular weight is 345 g/mol. The molecule has 0 N–H and O–H groups in total. The first-order valence-electron chi connectivity index (χ1n) is 6.72. The molecule has 4 aromatic rings. The molecule has 8 heteroatoms. The summed E-state index contributed by atoms with van der Waals surface area (Å²) in [7, 11) is 0. The van der Waals surface area contributed by atoms with E-state index < -0.39 is 0 Å². The minimum Gasteiger partial charge on any atom is -0.431 e. The SMILES string of the molecule is O=c1c2ccccc2nnn1CSc1nc2ccc(Cl)cc2o1. The maximum Gasteiger partial charge on any atom is 0.278 e. The zero-order chi connectivity index (χ0) is 15.8. The van der Waals surface area contributed by atoms with E-state index in [4.69, 9.17) is 16.0 Å². The van der Waals surface area contributed by atoms with Crippen LogP contribution in [0.2, 0.25) is 5.02 Å². The summed E-state index contributed by atoms with van der Waals surface area (Å²) in [5.41, 5.74) is 1.71. The molecule has 0 spiro atoms. The van der Waals surface area contributed by atoms with Crippen LogP contribution in [0.3, 0.4) is 0 Å². The molecule has 23 heavy (non-hydrogen) atoms. The van der Waals surface area contributed by atoms with E-state index in [-0.39, 0.29) is 11.4 Å². The lowest BCUT2D eigenvalue weighted by Gasteiger charge is -2.02. The summed E-state index contributed by atoms with van der Waals surface area (Å²) in [6.07, 6.45) is 0. The topological polar surface area (TPSA) is 73.8 Å². The second-order valence-corrected chi connectivity index (χ2v) is 6.11. The highest BCUT2D eigenvalue weighted by Crippen LogP contribution is 2.26. The maximum atomic E-state index is 12.3. The third-order valence-electron chi connectivity index (χ3n) is 3.27. The fourth-order valence-electron chi connectivity index (χ4n) is 2.16. The van der Waals surface area contributed by atoms with Crippen molar-refractivity contribution in [2.75, 3.05) is 0 Å². The molecule has 0 fully saturated rings. The first kappa shape index (κ1) is 14.2. The Labute approximate surface area is 139 Å². The lowest BCUT2D eigenvalue weighted by atomic mass is 10.2. The second-order valence-electron chi connectivity index (χ2n) is 4.78. The molecule has 0 unspecified atom stereocenters. The normalized spacial score (nSPS) is 11.3. The first-order valence-corrected chi connectivity index (χ1v) is 8.08. The molecule has 2 aromatic heterocycles. The molecule has 0 aliphatic rings. The summed E-state index contributed by atoms with van der Waals surface area (Å²) >= 11 is 7.19. The molecular formula is C15H9ClN4O2S. The molecule has 2 heterocycles. The smallest absolute Gasteiger partial charge is 0.278 e. The van der Waals surface area contributed by atoms with Crippen molar-refractivity contribution >= 4 is 45.4 Å². The predicted molar refractivity (Wildman–Crippen MR) is 88.7 cm³/mol. The standard InChI is InChI=1S/C15H9ClN4O2S/c16-9-5-6-12-13(7-9)22-15(17-12)23-8-20-14(21)10-3-1-2-4-11(10)18-19-20/h1-7H,8H2. The third kappa shape index (κ3) is 2.69. The number of hydrogen-bond acceptors (Lipinski definition) is 6. The molecule has 114 valence electrons. The number of halogens is 1. The van der Waals surface area contributed by atoms with Gasteiger partial charge in [0, 0.05) is 11.1 Å². The number of fused-ring (bicyclic) bond motifs is 2. The molecule has 0 amide bonds. The molecule has 6 nitrogen and oxygen atoms in total. The van der Waals surface area contributed by atoms with E-state index in [1.165, 1.54) is 16.4 Å². The summed E-state index contributed by atoms with van der Waals surface area (Å²) in [6.45, 7) is 0. The van der Waals surface area contributed by atoms with Gasteiger partial charge in [0.1, 0.15) is 16.9 Å². The van der Waals surface area contributed by atoms with E-state index in [0.29, 0.717) is 32.2 Å². The molecular weight excluding hydrogens is 336 g/mol. The van der Waals surface area contributed by atoms with Crippen molar-refractivity contribution in [3.05, 3.63) is 57.8 Å². The monoisotopic (exact) mass is 344 g/mol. The van der Waals surface area contributed by atoms with Crippen LogP contribution in [0.5, 0.6) is 0 Å². The van der Waals surface area contributed by atoms with Crippen molar-refractivity contribution in [2.45, 2.75) is 11.1 Å². The van der Waals surface area contributed by atoms with Gasteiger partial charge in [0.15, 0.2) is 5.58 Å². The quantitative estimate of drug-likeness (QED) is 0.531. The van der Waals surface area contributed by atoms with Crippen LogP contribution in [0.4, 0.5) is 0 Å². The molecule has 2 aromatic carbocycles. The highest BCUT2D eigenvalue weighted by atomic mass is 35.5. The largest absolute Gasteiger partial charge is 0.431 e. The van der Waals surface area contributed by atoms with Crippen LogP contribution in [-0.4, -0.2) is 20.0 Å². The third-order valence-corrected chi connectivity index (χ3v) is 4.30. The van der Waals surface area contributed by atoms with Gasteiger partial charge in [-0.3, -0.25) is 4.79 Å². The van der Waals surface area contributed by atoms with Crippen molar-refractivity contribution in [3.8, 4) is 0 Å². The van der Waals surface area contributed by atoms with Gasteiger partial charge >= 0.3 is 0 Å². The van der Waals surface area contributed by atoms with Gasteiger partial charge < -0.3 is 4.42 Å². The Balaban J connectivity index is 1.63. The van der Waals surface area contributed by atoms with E-state index in [1.54, 1.807) is 36.4 Å². The van der Waals surface area contributed by atoms with Gasteiger partial charge in [0.05, 0.1) is 5.39 Å². The Hall–Kier alpha value is -2.38. The van der Waals surface area contributed by atoms with E-state index in [9.17, 15) is 4.79 Å². The molecule has 0 radical (unpaired) electrons. The number of rotatable bonds is 3. The summed E-state index contributed by atoms with van der Waals surface area (Å²) in [5.74, 6) is 0.261. The van der Waals surface area contributed by atoms with Crippen molar-refractivity contribution in [1.29, 1.82) is 0 Å². The summed E-state index contributed by atoms with van der Waals surface area (Å²) in [5, 5.41) is 9.54. The number of oxazole rings is 1. The fourth-order valence-corrected chi connectivity index (χ4v) is 3.04. The van der Waals surface area contributed by atoms with E-state index in [0.717, 1.165) is 0 Å². The van der Waals surface area contributed by atoms with Gasteiger partial charge in [-0.1, -0.05) is 28.9 Å². The van der Waals surface area contributed by atoms with Crippen LogP contribution in [0.1, 0.15) is 0 Å². The van der Waals surface area contributed by atoms with Gasteiger partial charge in [0.2, 0.25) is 0 Å². The molecule has 4 rings (SSSR count). The Morgan fingerprint density at radius 1 is 1.17 bits per heavy atom. The Bertz CT molecular complexity index is 1080. The number of benzene rings is 2. The maximum absolute atomic E-state index is 12.3. The fraction of sp³-hybridized carbons (Fsp3) is 0.0667. The molecule has 0 atom stereocenters. The van der Waals surface area contributed by atoms with Crippen LogP contribution < -0.4 is 5.56 Å². The van der Waals surface area contributed by atoms with Crippen LogP contribution >= 0.6 is 23.4 Å². The van der Waals surface area contributed by atoms with Gasteiger partial charge in [-0.2, -0.15) is 4.68 Å². The lowest BCUT2D eigenvalue weighted by molar-refractivity contribution is 0.487. The second kappa shape index (κ2) is 5.68. The van der Waals surface area contributed by atoms with Gasteiger partial charge in [0.25, 0.3) is 10.8 Å². The van der Waals surface area contributed by atoms with Crippen LogP contribution in [0.15, 0.2) is 56.9 Å². The minimum absolute atomic E-state index is 0.192. The zero-order valence-corrected chi connectivity index (χ0v) is 13.2. The van der Waals surface area contributed by atoms with Crippen LogP contribution in [-0.2, 0) is 5.88 Å². The first-order chi connectivity index (χ1) is 11.2. The highest BCUT2D eigenvalue weighted by molar-refractivity contribution is 7.98. The summed E-state index contributed by atoms with van der Waals surface area (Å²) in [6, 6.07) is 12.3. The van der Waals surface area contributed by atoms with Crippen molar-refractivity contribution in [3.63, 3.8) is 0 Å². The number of aromatic nitrogens is 4. The summed E-state index contributed by atoms with van der Waals surface area (Å²) in [4.78, 5) is 16.7. The molecule has 0 aliphatic carbocycles. The number of nitrogens with zero attached hydrogens (tertiary/aromatic N) is 4. The van der Waals surface area contributed by atoms with Crippen molar-refractivity contribution in [1.82, 2.24) is 20.0 Å².